The molecule has 0 heterocycles. The summed E-state index contributed by atoms with van der Waals surface area (Å²) in [4.78, 5) is 26.0. The molecule has 2 amide bonds. The second-order valence-electron chi connectivity index (χ2n) is 5.44. The highest BCUT2D eigenvalue weighted by Crippen LogP contribution is 2.14. The maximum absolute atomic E-state index is 13.5. The number of nitrogens with one attached hydrogen (secondary N) is 2. The quantitative estimate of drug-likeness (QED) is 0.810. The van der Waals surface area contributed by atoms with Crippen molar-refractivity contribution in [3.05, 3.63) is 59.9 Å². The third-order valence-electron chi connectivity index (χ3n) is 3.76. The van der Waals surface area contributed by atoms with E-state index in [9.17, 15) is 14.0 Å². The van der Waals surface area contributed by atoms with Gasteiger partial charge in [-0.05, 0) is 44.2 Å². The summed E-state index contributed by atoms with van der Waals surface area (Å²) in [7, 11) is 0. The van der Waals surface area contributed by atoms with Crippen molar-refractivity contribution in [3.63, 3.8) is 0 Å². The van der Waals surface area contributed by atoms with Gasteiger partial charge in [0, 0.05) is 24.3 Å². The molecule has 2 aromatic rings. The Morgan fingerprint density at radius 3 is 2.44 bits per heavy atom. The molecule has 0 bridgehead atoms. The highest BCUT2D eigenvalue weighted by atomic mass is 19.1. The number of carbonyl (C=O) groups excluding carboxylic acids is 2. The maximum Gasteiger partial charge on any atom is 0.253 e. The van der Waals surface area contributed by atoms with E-state index in [1.165, 1.54) is 12.1 Å². The standard InChI is InChI=1S/C19H22FN3O2/c1-3-23(4-2)19(25)14-8-7-9-15(12-14)21-13-18(24)22-17-11-6-5-10-16(17)20/h5-12,21H,3-4,13H2,1-2H3,(H,22,24). The van der Waals surface area contributed by atoms with Crippen molar-refractivity contribution >= 4 is 23.2 Å². The zero-order valence-corrected chi connectivity index (χ0v) is 14.4. The maximum atomic E-state index is 13.5. The van der Waals surface area contributed by atoms with Gasteiger partial charge in [-0.2, -0.15) is 0 Å². The lowest BCUT2D eigenvalue weighted by Gasteiger charge is -2.19. The summed E-state index contributed by atoms with van der Waals surface area (Å²) < 4.78 is 13.5. The second kappa shape index (κ2) is 8.82. The Morgan fingerprint density at radius 1 is 1.04 bits per heavy atom. The van der Waals surface area contributed by atoms with Gasteiger partial charge in [0.1, 0.15) is 5.82 Å². The fourth-order valence-corrected chi connectivity index (χ4v) is 2.39. The number of anilines is 2. The summed E-state index contributed by atoms with van der Waals surface area (Å²) in [6.07, 6.45) is 0. The van der Waals surface area contributed by atoms with Crippen molar-refractivity contribution in [1.82, 2.24) is 4.90 Å². The normalized spacial score (nSPS) is 10.2. The molecule has 0 atom stereocenters. The average Bonchev–Trinajstić information content (AvgIpc) is 2.63. The first-order valence-corrected chi connectivity index (χ1v) is 8.22. The van der Waals surface area contributed by atoms with E-state index in [1.807, 2.05) is 13.8 Å². The number of rotatable bonds is 7. The van der Waals surface area contributed by atoms with Crippen LogP contribution in [0.1, 0.15) is 24.2 Å². The molecule has 2 N–H and O–H groups in total. The minimum atomic E-state index is -0.484. The van der Waals surface area contributed by atoms with E-state index < -0.39 is 5.82 Å². The van der Waals surface area contributed by atoms with Crippen LogP contribution in [0.5, 0.6) is 0 Å². The van der Waals surface area contributed by atoms with Gasteiger partial charge in [0.15, 0.2) is 0 Å². The minimum Gasteiger partial charge on any atom is -0.376 e. The molecule has 132 valence electrons. The zero-order chi connectivity index (χ0) is 18.2. The van der Waals surface area contributed by atoms with E-state index in [-0.39, 0.29) is 24.0 Å². The van der Waals surface area contributed by atoms with Gasteiger partial charge in [0.2, 0.25) is 5.91 Å². The Labute approximate surface area is 146 Å². The molecule has 2 rings (SSSR count). The SMILES string of the molecule is CCN(CC)C(=O)c1cccc(NCC(=O)Nc2ccccc2F)c1. The molecule has 0 saturated heterocycles. The van der Waals surface area contributed by atoms with Crippen LogP contribution in [0.15, 0.2) is 48.5 Å². The van der Waals surface area contributed by atoms with Gasteiger partial charge in [-0.25, -0.2) is 4.39 Å². The molecule has 0 spiro atoms. The molecule has 0 aliphatic rings. The van der Waals surface area contributed by atoms with Crippen LogP contribution in [0.3, 0.4) is 0 Å². The second-order valence-corrected chi connectivity index (χ2v) is 5.44. The molecule has 25 heavy (non-hydrogen) atoms. The highest BCUT2D eigenvalue weighted by molar-refractivity contribution is 5.96. The van der Waals surface area contributed by atoms with Crippen molar-refractivity contribution < 1.29 is 14.0 Å². The fraction of sp³-hybridized carbons (Fsp3) is 0.263. The highest BCUT2D eigenvalue weighted by Gasteiger charge is 2.13. The van der Waals surface area contributed by atoms with Gasteiger partial charge < -0.3 is 15.5 Å². The third-order valence-corrected chi connectivity index (χ3v) is 3.76. The molecular weight excluding hydrogens is 321 g/mol. The van der Waals surface area contributed by atoms with E-state index in [0.717, 1.165) is 0 Å². The van der Waals surface area contributed by atoms with E-state index in [1.54, 1.807) is 41.3 Å². The van der Waals surface area contributed by atoms with Gasteiger partial charge in [-0.1, -0.05) is 18.2 Å². The zero-order valence-electron chi connectivity index (χ0n) is 14.4. The minimum absolute atomic E-state index is 0.0305. The molecule has 0 unspecified atom stereocenters. The Hall–Kier alpha value is -2.89. The molecule has 5 nitrogen and oxygen atoms in total. The van der Waals surface area contributed by atoms with Crippen LogP contribution < -0.4 is 10.6 Å². The summed E-state index contributed by atoms with van der Waals surface area (Å²) in [5, 5.41) is 5.45. The number of hydrogen-bond acceptors (Lipinski definition) is 3. The summed E-state index contributed by atoms with van der Waals surface area (Å²) in [6.45, 7) is 5.10. The number of halogens is 1. The monoisotopic (exact) mass is 343 g/mol. The summed E-state index contributed by atoms with van der Waals surface area (Å²) in [6, 6.07) is 13.0. The average molecular weight is 343 g/mol. The van der Waals surface area contributed by atoms with Crippen LogP contribution in [0.4, 0.5) is 15.8 Å². The first-order valence-electron chi connectivity index (χ1n) is 8.22. The largest absolute Gasteiger partial charge is 0.376 e. The molecular formula is C19H22FN3O2. The summed E-state index contributed by atoms with van der Waals surface area (Å²) >= 11 is 0. The van der Waals surface area contributed by atoms with Gasteiger partial charge >= 0.3 is 0 Å². The molecule has 0 fully saturated rings. The predicted molar refractivity (Wildman–Crippen MR) is 97.2 cm³/mol. The molecule has 0 radical (unpaired) electrons. The van der Waals surface area contributed by atoms with Crippen LogP contribution in [-0.2, 0) is 4.79 Å². The van der Waals surface area contributed by atoms with Gasteiger partial charge in [-0.15, -0.1) is 0 Å². The van der Waals surface area contributed by atoms with Gasteiger partial charge in [-0.3, -0.25) is 9.59 Å². The Kier molecular flexibility index (Phi) is 6.51. The lowest BCUT2D eigenvalue weighted by atomic mass is 10.1. The number of amides is 2. The number of benzene rings is 2. The van der Waals surface area contributed by atoms with Crippen molar-refractivity contribution in [2.45, 2.75) is 13.8 Å². The smallest absolute Gasteiger partial charge is 0.253 e. The van der Waals surface area contributed by atoms with Crippen LogP contribution in [0, 0.1) is 5.82 Å². The van der Waals surface area contributed by atoms with Gasteiger partial charge in [0.05, 0.1) is 12.2 Å². The fourth-order valence-electron chi connectivity index (χ4n) is 2.39. The van der Waals surface area contributed by atoms with Crippen LogP contribution in [0.25, 0.3) is 0 Å². The molecule has 0 saturated carbocycles. The number of hydrogen-bond donors (Lipinski definition) is 2. The summed E-state index contributed by atoms with van der Waals surface area (Å²) in [5.74, 6) is -0.905. The third kappa shape index (κ3) is 5.04. The molecule has 2 aromatic carbocycles. The van der Waals surface area contributed by atoms with E-state index in [2.05, 4.69) is 10.6 Å². The van der Waals surface area contributed by atoms with Crippen LogP contribution in [-0.4, -0.2) is 36.3 Å². The molecule has 0 aliphatic carbocycles. The lowest BCUT2D eigenvalue weighted by Crippen LogP contribution is -2.30. The lowest BCUT2D eigenvalue weighted by molar-refractivity contribution is -0.114. The Morgan fingerprint density at radius 2 is 1.76 bits per heavy atom. The first kappa shape index (κ1) is 18.4. The predicted octanol–water partition coefficient (Wildman–Crippen LogP) is 3.36. The summed E-state index contributed by atoms with van der Waals surface area (Å²) in [5.41, 5.74) is 1.35. The van der Waals surface area contributed by atoms with Crippen LogP contribution in [0.2, 0.25) is 0 Å². The van der Waals surface area contributed by atoms with E-state index in [4.69, 9.17) is 0 Å². The number of para-hydroxylation sites is 1. The van der Waals surface area contributed by atoms with Crippen molar-refractivity contribution in [3.8, 4) is 0 Å². The van der Waals surface area contributed by atoms with Crippen molar-refractivity contribution in [1.29, 1.82) is 0 Å². The van der Waals surface area contributed by atoms with Gasteiger partial charge in [0.25, 0.3) is 5.91 Å². The number of nitrogens with zero attached hydrogens (tertiary/aromatic N) is 1. The van der Waals surface area contributed by atoms with Crippen LogP contribution >= 0.6 is 0 Å². The first-order chi connectivity index (χ1) is 12.0. The van der Waals surface area contributed by atoms with Crippen molar-refractivity contribution in [2.75, 3.05) is 30.3 Å². The van der Waals surface area contributed by atoms with E-state index >= 15 is 0 Å². The molecule has 0 aliphatic heterocycles. The molecule has 6 heteroatoms. The number of carbonyl (C=O) groups is 2. The van der Waals surface area contributed by atoms with Crippen molar-refractivity contribution in [2.24, 2.45) is 0 Å². The Bertz CT molecular complexity index is 745. The van der Waals surface area contributed by atoms with E-state index in [0.29, 0.717) is 24.3 Å². The Balaban J connectivity index is 1.97. The molecule has 0 aromatic heterocycles. The topological polar surface area (TPSA) is 61.4 Å².